The molecule has 90 valence electrons. The van der Waals surface area contributed by atoms with Crippen molar-refractivity contribution in [1.29, 1.82) is 0 Å². The van der Waals surface area contributed by atoms with Gasteiger partial charge in [0, 0.05) is 6.54 Å². The number of rotatable bonds is 8. The summed E-state index contributed by atoms with van der Waals surface area (Å²) in [6.07, 6.45) is 1.67. The fourth-order valence-corrected chi connectivity index (χ4v) is 1.51. The van der Waals surface area contributed by atoms with E-state index in [2.05, 4.69) is 5.32 Å². The smallest absolute Gasteiger partial charge is 0.320 e. The zero-order valence-electron chi connectivity index (χ0n) is 9.86. The molecule has 0 bridgehead atoms. The molecule has 0 aliphatic heterocycles. The fraction of sp³-hybridized carbons (Fsp3) is 0.909. The van der Waals surface area contributed by atoms with E-state index in [9.17, 15) is 9.90 Å². The van der Waals surface area contributed by atoms with Gasteiger partial charge in [0.25, 0.3) is 0 Å². The van der Waals surface area contributed by atoms with Crippen LogP contribution in [0.3, 0.4) is 0 Å². The molecule has 15 heavy (non-hydrogen) atoms. The number of carboxylic acid groups (broad SMARTS) is 1. The van der Waals surface area contributed by atoms with Crippen LogP contribution in [0.25, 0.3) is 0 Å². The molecule has 0 saturated heterocycles. The van der Waals surface area contributed by atoms with E-state index in [-0.39, 0.29) is 0 Å². The van der Waals surface area contributed by atoms with Gasteiger partial charge in [-0.3, -0.25) is 4.79 Å². The highest BCUT2D eigenvalue weighted by Crippen LogP contribution is 2.04. The topological polar surface area (TPSA) is 69.6 Å². The molecule has 4 heteroatoms. The Morgan fingerprint density at radius 3 is 2.40 bits per heavy atom. The molecule has 4 nitrogen and oxygen atoms in total. The molecule has 0 saturated carbocycles. The van der Waals surface area contributed by atoms with Crippen molar-refractivity contribution in [2.24, 2.45) is 5.92 Å². The first-order valence-electron chi connectivity index (χ1n) is 5.61. The van der Waals surface area contributed by atoms with Crippen LogP contribution < -0.4 is 5.32 Å². The monoisotopic (exact) mass is 217 g/mol. The molecule has 0 radical (unpaired) electrons. The zero-order chi connectivity index (χ0) is 11.8. The highest BCUT2D eigenvalue weighted by atomic mass is 16.4. The summed E-state index contributed by atoms with van der Waals surface area (Å²) in [4.78, 5) is 10.8. The maximum absolute atomic E-state index is 10.8. The predicted molar refractivity (Wildman–Crippen MR) is 59.8 cm³/mol. The molecule has 0 aliphatic rings. The highest BCUT2D eigenvalue weighted by molar-refractivity contribution is 5.73. The number of hydrogen-bond acceptors (Lipinski definition) is 3. The first kappa shape index (κ1) is 14.4. The number of carboxylic acids is 1. The van der Waals surface area contributed by atoms with E-state index in [1.807, 2.05) is 20.8 Å². The second-order valence-corrected chi connectivity index (χ2v) is 4.37. The third-order valence-corrected chi connectivity index (χ3v) is 2.22. The molecule has 2 atom stereocenters. The Kier molecular flexibility index (Phi) is 7.34. The molecular formula is C11H23NO3. The molecule has 0 aromatic heterocycles. The highest BCUT2D eigenvalue weighted by Gasteiger charge is 2.17. The normalized spacial score (nSPS) is 15.3. The van der Waals surface area contributed by atoms with Crippen molar-refractivity contribution in [2.75, 3.05) is 6.54 Å². The lowest BCUT2D eigenvalue weighted by Gasteiger charge is -2.18. The molecule has 3 N–H and O–H groups in total. The minimum absolute atomic E-state index is 0.356. The number of hydrogen-bond donors (Lipinski definition) is 3. The molecule has 0 aromatic carbocycles. The summed E-state index contributed by atoms with van der Waals surface area (Å²) in [6, 6.07) is -0.531. The van der Waals surface area contributed by atoms with Gasteiger partial charge in [0.05, 0.1) is 6.10 Å². The van der Waals surface area contributed by atoms with Crippen LogP contribution in [0, 0.1) is 5.92 Å². The maximum atomic E-state index is 10.8. The van der Waals surface area contributed by atoms with Crippen molar-refractivity contribution < 1.29 is 15.0 Å². The summed E-state index contributed by atoms with van der Waals surface area (Å²) in [5.41, 5.74) is 0. The van der Waals surface area contributed by atoms with Crippen molar-refractivity contribution in [3.8, 4) is 0 Å². The second kappa shape index (κ2) is 7.65. The molecule has 0 amide bonds. The van der Waals surface area contributed by atoms with Crippen molar-refractivity contribution in [3.63, 3.8) is 0 Å². The van der Waals surface area contributed by atoms with Gasteiger partial charge in [0.15, 0.2) is 0 Å². The zero-order valence-corrected chi connectivity index (χ0v) is 9.86. The van der Waals surface area contributed by atoms with E-state index in [1.165, 1.54) is 0 Å². The van der Waals surface area contributed by atoms with E-state index in [0.29, 0.717) is 25.3 Å². The molecule has 2 unspecified atom stereocenters. The number of carbonyl (C=O) groups is 1. The maximum Gasteiger partial charge on any atom is 0.320 e. The molecular weight excluding hydrogens is 194 g/mol. The van der Waals surface area contributed by atoms with Crippen LogP contribution in [0.15, 0.2) is 0 Å². The Morgan fingerprint density at radius 2 is 2.00 bits per heavy atom. The number of nitrogens with one attached hydrogen (secondary N) is 1. The SMILES string of the molecule is CCCC(NCC(O)CC(C)C)C(=O)O. The minimum atomic E-state index is -0.839. The lowest BCUT2D eigenvalue weighted by molar-refractivity contribution is -0.139. The van der Waals surface area contributed by atoms with E-state index in [1.54, 1.807) is 0 Å². The first-order valence-corrected chi connectivity index (χ1v) is 5.61. The van der Waals surface area contributed by atoms with Gasteiger partial charge in [-0.15, -0.1) is 0 Å². The van der Waals surface area contributed by atoms with Gasteiger partial charge in [-0.05, 0) is 18.8 Å². The fourth-order valence-electron chi connectivity index (χ4n) is 1.51. The Balaban J connectivity index is 3.83. The average molecular weight is 217 g/mol. The van der Waals surface area contributed by atoms with Gasteiger partial charge in [0.1, 0.15) is 6.04 Å². The lowest BCUT2D eigenvalue weighted by Crippen LogP contribution is -2.41. The quantitative estimate of drug-likeness (QED) is 0.572. The molecule has 0 rings (SSSR count). The molecule has 0 heterocycles. The van der Waals surface area contributed by atoms with Crippen LogP contribution in [0.4, 0.5) is 0 Å². The average Bonchev–Trinajstić information content (AvgIpc) is 2.10. The second-order valence-electron chi connectivity index (χ2n) is 4.37. The van der Waals surface area contributed by atoms with Crippen LogP contribution >= 0.6 is 0 Å². The van der Waals surface area contributed by atoms with Crippen molar-refractivity contribution in [3.05, 3.63) is 0 Å². The summed E-state index contributed by atoms with van der Waals surface area (Å²) < 4.78 is 0. The summed E-state index contributed by atoms with van der Waals surface area (Å²) in [6.45, 7) is 6.37. The van der Waals surface area contributed by atoms with Crippen LogP contribution in [0.5, 0.6) is 0 Å². The number of aliphatic hydroxyl groups is 1. The van der Waals surface area contributed by atoms with Gasteiger partial charge in [-0.1, -0.05) is 27.2 Å². The number of aliphatic carboxylic acids is 1. The van der Waals surface area contributed by atoms with Gasteiger partial charge in [0.2, 0.25) is 0 Å². The van der Waals surface area contributed by atoms with Crippen molar-refractivity contribution >= 4 is 5.97 Å². The van der Waals surface area contributed by atoms with Gasteiger partial charge in [-0.2, -0.15) is 0 Å². The molecule has 0 fully saturated rings. The van der Waals surface area contributed by atoms with E-state index in [4.69, 9.17) is 5.11 Å². The number of aliphatic hydroxyl groups excluding tert-OH is 1. The van der Waals surface area contributed by atoms with Gasteiger partial charge >= 0.3 is 5.97 Å². The summed E-state index contributed by atoms with van der Waals surface area (Å²) in [5.74, 6) is -0.412. The third kappa shape index (κ3) is 7.33. The van der Waals surface area contributed by atoms with Crippen LogP contribution in [0.1, 0.15) is 40.0 Å². The largest absolute Gasteiger partial charge is 0.480 e. The first-order chi connectivity index (χ1) is 6.97. The summed E-state index contributed by atoms with van der Waals surface area (Å²) in [7, 11) is 0. The molecule has 0 spiro atoms. The van der Waals surface area contributed by atoms with Crippen molar-refractivity contribution in [2.45, 2.75) is 52.2 Å². The van der Waals surface area contributed by atoms with Crippen LogP contribution in [-0.2, 0) is 4.79 Å². The molecule has 0 aliphatic carbocycles. The Morgan fingerprint density at radius 1 is 1.40 bits per heavy atom. The lowest BCUT2D eigenvalue weighted by atomic mass is 10.1. The minimum Gasteiger partial charge on any atom is -0.480 e. The Hall–Kier alpha value is -0.610. The standard InChI is InChI=1S/C11H23NO3/c1-4-5-10(11(14)15)12-7-9(13)6-8(2)3/h8-10,12-13H,4-7H2,1-3H3,(H,14,15). The van der Waals surface area contributed by atoms with Gasteiger partial charge < -0.3 is 15.5 Å². The van der Waals surface area contributed by atoms with E-state index >= 15 is 0 Å². The van der Waals surface area contributed by atoms with Crippen LogP contribution in [0.2, 0.25) is 0 Å². The van der Waals surface area contributed by atoms with Crippen LogP contribution in [-0.4, -0.2) is 34.9 Å². The molecule has 0 aromatic rings. The van der Waals surface area contributed by atoms with Crippen molar-refractivity contribution in [1.82, 2.24) is 5.32 Å². The predicted octanol–water partition coefficient (Wildman–Crippen LogP) is 1.24. The Bertz CT molecular complexity index is 183. The summed E-state index contributed by atoms with van der Waals surface area (Å²) in [5, 5.41) is 21.3. The summed E-state index contributed by atoms with van der Waals surface area (Å²) >= 11 is 0. The van der Waals surface area contributed by atoms with E-state index in [0.717, 1.165) is 6.42 Å². The van der Waals surface area contributed by atoms with E-state index < -0.39 is 18.1 Å². The third-order valence-electron chi connectivity index (χ3n) is 2.22. The Labute approximate surface area is 91.7 Å². The van der Waals surface area contributed by atoms with Gasteiger partial charge in [-0.25, -0.2) is 0 Å².